The Hall–Kier alpha value is -2.81. The fourth-order valence-electron chi connectivity index (χ4n) is 2.07. The van der Waals surface area contributed by atoms with Gasteiger partial charge in [0.05, 0.1) is 16.8 Å². The zero-order valence-corrected chi connectivity index (χ0v) is 14.8. The van der Waals surface area contributed by atoms with Gasteiger partial charge < -0.3 is 14.6 Å². The molecule has 0 heterocycles. The molecule has 0 aromatic heterocycles. The molecule has 9 heteroatoms. The number of ether oxygens (including phenoxy) is 2. The summed E-state index contributed by atoms with van der Waals surface area (Å²) in [6.45, 7) is 1.30. The molecule has 0 bridgehead atoms. The van der Waals surface area contributed by atoms with Crippen LogP contribution in [0.1, 0.15) is 18.9 Å². The van der Waals surface area contributed by atoms with E-state index in [1.165, 1.54) is 19.1 Å². The Kier molecular flexibility index (Phi) is 6.27. The van der Waals surface area contributed by atoms with Crippen LogP contribution in [-0.2, 0) is 22.2 Å². The summed E-state index contributed by atoms with van der Waals surface area (Å²) < 4.78 is 59.6. The minimum absolute atomic E-state index is 0.0756. The maximum absolute atomic E-state index is 12.6. The van der Waals surface area contributed by atoms with Crippen LogP contribution in [0.25, 0.3) is 0 Å². The van der Waals surface area contributed by atoms with Gasteiger partial charge in [0, 0.05) is 11.8 Å². The normalized spacial score (nSPS) is 13.3. The summed E-state index contributed by atoms with van der Waals surface area (Å²) >= 11 is 0.125. The van der Waals surface area contributed by atoms with Gasteiger partial charge in [0.2, 0.25) is 5.60 Å². The minimum atomic E-state index is -4.46. The number of carboxylic acids is 1. The number of halogens is 3. The number of aliphatic carboxylic acids is 1. The third kappa shape index (κ3) is 5.33. The van der Waals surface area contributed by atoms with E-state index in [1.54, 1.807) is 12.1 Å². The molecule has 0 spiro atoms. The molecule has 0 fully saturated rings. The number of para-hydroxylation sites is 2. The number of carbonyl (C=O) groups is 1. The van der Waals surface area contributed by atoms with Gasteiger partial charge in [-0.3, -0.25) is 0 Å². The maximum atomic E-state index is 12.6. The van der Waals surface area contributed by atoms with Crippen molar-refractivity contribution in [3.8, 4) is 17.2 Å². The van der Waals surface area contributed by atoms with Crippen molar-refractivity contribution in [3.63, 3.8) is 0 Å². The minimum Gasteiger partial charge on any atom is -0.478 e. The van der Waals surface area contributed by atoms with Crippen LogP contribution in [0.4, 0.5) is 13.2 Å². The quantitative estimate of drug-likeness (QED) is 0.708. The van der Waals surface area contributed by atoms with Gasteiger partial charge in [0.25, 0.3) is 0 Å². The van der Waals surface area contributed by atoms with Crippen molar-refractivity contribution in [2.75, 3.05) is 0 Å². The van der Waals surface area contributed by atoms with Crippen LogP contribution >= 0.6 is 0 Å². The van der Waals surface area contributed by atoms with Gasteiger partial charge in [-0.05, 0) is 43.3 Å². The van der Waals surface area contributed by atoms with Gasteiger partial charge in [-0.25, -0.2) is 9.00 Å². The lowest BCUT2D eigenvalue weighted by Gasteiger charge is -2.25. The fraction of sp³-hybridized carbons (Fsp3) is 0.222. The molecule has 2 aromatic rings. The number of hydrogen-bond acceptors (Lipinski definition) is 4. The molecule has 0 aliphatic heterocycles. The van der Waals surface area contributed by atoms with E-state index >= 15 is 0 Å². The predicted octanol–water partition coefficient (Wildman–Crippen LogP) is 4.13. The van der Waals surface area contributed by atoms with Crippen molar-refractivity contribution in [2.45, 2.75) is 25.1 Å². The van der Waals surface area contributed by atoms with Crippen molar-refractivity contribution in [1.82, 2.24) is 0 Å². The lowest BCUT2D eigenvalue weighted by Crippen LogP contribution is -2.41. The molecular formula is C18H15F3O5S. The highest BCUT2D eigenvalue weighted by atomic mass is 32.1. The van der Waals surface area contributed by atoms with Gasteiger partial charge >= 0.3 is 12.1 Å². The first-order valence-corrected chi connectivity index (χ1v) is 8.43. The third-order valence-corrected chi connectivity index (χ3v) is 3.89. The molecular weight excluding hydrogens is 385 g/mol. The maximum Gasteiger partial charge on any atom is 0.416 e. The van der Waals surface area contributed by atoms with Crippen LogP contribution in [0.3, 0.4) is 0 Å². The van der Waals surface area contributed by atoms with Crippen LogP contribution in [0.2, 0.25) is 0 Å². The first-order valence-electron chi connectivity index (χ1n) is 7.62. The Balaban J connectivity index is 2.27. The monoisotopic (exact) mass is 400 g/mol. The molecule has 0 amide bonds. The van der Waals surface area contributed by atoms with Gasteiger partial charge in [0.15, 0.2) is 11.5 Å². The van der Waals surface area contributed by atoms with E-state index in [0.717, 1.165) is 29.6 Å². The molecule has 0 aliphatic rings. The highest BCUT2D eigenvalue weighted by Gasteiger charge is 2.35. The summed E-state index contributed by atoms with van der Waals surface area (Å²) in [5.41, 5.74) is -2.53. The molecule has 2 rings (SSSR count). The van der Waals surface area contributed by atoms with Gasteiger partial charge in [-0.15, -0.1) is 0 Å². The first kappa shape index (κ1) is 20.5. The zero-order chi connectivity index (χ0) is 20.1. The largest absolute Gasteiger partial charge is 0.478 e. The summed E-state index contributed by atoms with van der Waals surface area (Å²) in [7, 11) is 0. The molecule has 0 radical (unpaired) electrons. The van der Waals surface area contributed by atoms with E-state index < -0.39 is 23.3 Å². The van der Waals surface area contributed by atoms with Crippen molar-refractivity contribution >= 4 is 22.6 Å². The average molecular weight is 400 g/mol. The molecule has 1 atom stereocenters. The van der Waals surface area contributed by atoms with Crippen LogP contribution in [0.5, 0.6) is 17.2 Å². The molecule has 1 N–H and O–H groups in total. The molecule has 1 unspecified atom stereocenters. The van der Waals surface area contributed by atoms with Crippen LogP contribution in [0.15, 0.2) is 48.5 Å². The van der Waals surface area contributed by atoms with E-state index in [1.807, 2.05) is 0 Å². The van der Waals surface area contributed by atoms with Crippen molar-refractivity contribution in [1.29, 1.82) is 0 Å². The van der Waals surface area contributed by atoms with E-state index in [4.69, 9.17) is 9.47 Å². The lowest BCUT2D eigenvalue weighted by molar-refractivity contribution is -0.153. The zero-order valence-electron chi connectivity index (χ0n) is 14.0. The summed E-state index contributed by atoms with van der Waals surface area (Å²) in [5, 5.41) is 10.6. The van der Waals surface area contributed by atoms with Crippen molar-refractivity contribution in [3.05, 3.63) is 54.1 Å². The smallest absolute Gasteiger partial charge is 0.416 e. The van der Waals surface area contributed by atoms with E-state index in [-0.39, 0.29) is 34.9 Å². The Morgan fingerprint density at radius 3 is 2.22 bits per heavy atom. The third-order valence-electron chi connectivity index (χ3n) is 3.59. The first-order chi connectivity index (χ1) is 12.7. The molecule has 0 saturated heterocycles. The van der Waals surface area contributed by atoms with Gasteiger partial charge in [-0.1, -0.05) is 12.1 Å². The Labute approximate surface area is 156 Å². The highest BCUT2D eigenvalue weighted by Crippen LogP contribution is 2.36. The predicted molar refractivity (Wildman–Crippen MR) is 93.5 cm³/mol. The van der Waals surface area contributed by atoms with E-state index in [9.17, 15) is 27.3 Å². The second-order valence-corrected chi connectivity index (χ2v) is 6.20. The second-order valence-electron chi connectivity index (χ2n) is 5.68. The second kappa shape index (κ2) is 8.26. The Bertz CT molecular complexity index is 860. The summed E-state index contributed by atoms with van der Waals surface area (Å²) in [4.78, 5) is 11.5. The highest BCUT2D eigenvalue weighted by molar-refractivity contribution is 7.64. The van der Waals surface area contributed by atoms with E-state index in [2.05, 4.69) is 0 Å². The number of rotatable bonds is 7. The number of alkyl halides is 3. The van der Waals surface area contributed by atoms with Crippen LogP contribution < -0.4 is 9.47 Å². The molecule has 5 nitrogen and oxygen atoms in total. The summed E-state index contributed by atoms with van der Waals surface area (Å²) in [5.74, 6) is -0.957. The summed E-state index contributed by atoms with van der Waals surface area (Å²) in [6.07, 6.45) is -4.62. The van der Waals surface area contributed by atoms with Gasteiger partial charge in [-0.2, -0.15) is 13.2 Å². The van der Waals surface area contributed by atoms with E-state index in [0.29, 0.717) is 0 Å². The molecule has 2 aromatic carbocycles. The molecule has 27 heavy (non-hydrogen) atoms. The molecule has 0 saturated carbocycles. The topological polar surface area (TPSA) is 72.8 Å². The SMILES string of the molecule is CC(CC=S=O)(Oc1ccccc1Oc1ccc(C(F)(F)F)cc1)C(=O)O. The Morgan fingerprint density at radius 2 is 1.70 bits per heavy atom. The molecule has 144 valence electrons. The Morgan fingerprint density at radius 1 is 1.11 bits per heavy atom. The van der Waals surface area contributed by atoms with Crippen LogP contribution in [0, 0.1) is 0 Å². The average Bonchev–Trinajstić information content (AvgIpc) is 2.61. The van der Waals surface area contributed by atoms with Crippen LogP contribution in [-0.4, -0.2) is 26.3 Å². The number of hydrogen-bond donors (Lipinski definition) is 1. The van der Waals surface area contributed by atoms with Crippen molar-refractivity contribution < 1.29 is 36.8 Å². The standard InChI is InChI=1S/C18H15F3O5S/c1-17(16(22)23,10-11-27-24)26-15-5-3-2-4-14(15)25-13-8-6-12(7-9-13)18(19,20)21/h2-9,11H,10H2,1H3,(H,22,23). The van der Waals surface area contributed by atoms with Gasteiger partial charge in [0.1, 0.15) is 5.75 Å². The fourth-order valence-corrected chi connectivity index (χ4v) is 2.45. The lowest BCUT2D eigenvalue weighted by atomic mass is 10.0. The number of carboxylic acid groups (broad SMARTS) is 1. The number of benzene rings is 2. The van der Waals surface area contributed by atoms with Crippen molar-refractivity contribution in [2.24, 2.45) is 0 Å². The molecule has 0 aliphatic carbocycles. The summed E-state index contributed by atoms with van der Waals surface area (Å²) in [6, 6.07) is 10.2.